The largest absolute Gasteiger partial charge is 0.361 e. The lowest BCUT2D eigenvalue weighted by Gasteiger charge is -2.17. The van der Waals surface area contributed by atoms with Gasteiger partial charge in [-0.05, 0) is 47.3 Å². The molecule has 1 atom stereocenters. The van der Waals surface area contributed by atoms with Crippen molar-refractivity contribution in [3.05, 3.63) is 88.2 Å². The summed E-state index contributed by atoms with van der Waals surface area (Å²) in [5.41, 5.74) is 3.20. The van der Waals surface area contributed by atoms with Gasteiger partial charge in [0, 0.05) is 52.8 Å². The molecule has 4 aromatic rings. The first-order valence-electron chi connectivity index (χ1n) is 10.5. The molecule has 7 heteroatoms. The number of fused-ring (bicyclic) bond motifs is 1. The van der Waals surface area contributed by atoms with Crippen LogP contribution < -0.4 is 10.2 Å². The summed E-state index contributed by atoms with van der Waals surface area (Å²) in [4.78, 5) is 42.4. The number of anilines is 1. The molecule has 2 N–H and O–H groups in total. The Labute approximate surface area is 188 Å². The Morgan fingerprint density at radius 3 is 2.47 bits per heavy atom. The van der Waals surface area contributed by atoms with Crippen LogP contribution in [0.1, 0.15) is 39.6 Å². The van der Waals surface area contributed by atoms with Crippen molar-refractivity contribution in [3.63, 3.8) is 0 Å². The molecule has 1 saturated heterocycles. The van der Waals surface area contributed by atoms with Crippen molar-refractivity contribution in [3.8, 4) is 0 Å². The standard InChI is InChI=1S/C25H21N3O3S/c29-23-11-12-24(30)28(23)17-9-7-16(8-10-17)25(31)27-15-20(22-6-3-13-32-22)19-14-26-21-5-2-1-4-18(19)21/h1-10,13-14,20,26H,11-12,15H2,(H,27,31)/t20-/m0/s1. The van der Waals surface area contributed by atoms with Crippen LogP contribution in [0.15, 0.2) is 72.2 Å². The molecule has 2 aromatic carbocycles. The number of amides is 3. The van der Waals surface area contributed by atoms with Gasteiger partial charge in [0.15, 0.2) is 0 Å². The van der Waals surface area contributed by atoms with Gasteiger partial charge in [0.1, 0.15) is 0 Å². The first-order valence-corrected chi connectivity index (χ1v) is 11.3. The zero-order valence-electron chi connectivity index (χ0n) is 17.2. The van der Waals surface area contributed by atoms with Crippen molar-refractivity contribution in [1.29, 1.82) is 0 Å². The second kappa shape index (κ2) is 8.43. The van der Waals surface area contributed by atoms with Crippen LogP contribution in [0.4, 0.5) is 5.69 Å². The topological polar surface area (TPSA) is 82.3 Å². The number of hydrogen-bond acceptors (Lipinski definition) is 4. The number of aromatic amines is 1. The second-order valence-corrected chi connectivity index (χ2v) is 8.72. The molecule has 3 amide bonds. The predicted molar refractivity (Wildman–Crippen MR) is 125 cm³/mol. The molecule has 0 bridgehead atoms. The number of thiophene rings is 1. The minimum Gasteiger partial charge on any atom is -0.361 e. The van der Waals surface area contributed by atoms with Crippen LogP contribution in [0.3, 0.4) is 0 Å². The van der Waals surface area contributed by atoms with Crippen LogP contribution in [-0.4, -0.2) is 29.3 Å². The maximum absolute atomic E-state index is 12.9. The third kappa shape index (κ3) is 3.71. The summed E-state index contributed by atoms with van der Waals surface area (Å²) < 4.78 is 0. The first-order chi connectivity index (χ1) is 15.6. The fourth-order valence-corrected chi connectivity index (χ4v) is 5.00. The minimum absolute atomic E-state index is 0.0224. The van der Waals surface area contributed by atoms with Crippen LogP contribution in [0, 0.1) is 0 Å². The Kier molecular flexibility index (Phi) is 5.33. The highest BCUT2D eigenvalue weighted by Gasteiger charge is 2.30. The van der Waals surface area contributed by atoms with E-state index < -0.39 is 0 Å². The number of nitrogens with zero attached hydrogens (tertiary/aromatic N) is 1. The smallest absolute Gasteiger partial charge is 0.251 e. The Morgan fingerprint density at radius 1 is 1.00 bits per heavy atom. The highest BCUT2D eigenvalue weighted by atomic mass is 32.1. The maximum atomic E-state index is 12.9. The number of para-hydroxylation sites is 1. The fourth-order valence-electron chi connectivity index (χ4n) is 4.16. The van der Waals surface area contributed by atoms with Crippen molar-refractivity contribution in [2.24, 2.45) is 0 Å². The van der Waals surface area contributed by atoms with Crippen molar-refractivity contribution < 1.29 is 14.4 Å². The summed E-state index contributed by atoms with van der Waals surface area (Å²) in [6.45, 7) is 0.450. The van der Waals surface area contributed by atoms with Crippen LogP contribution >= 0.6 is 11.3 Å². The second-order valence-electron chi connectivity index (χ2n) is 7.74. The van der Waals surface area contributed by atoms with Gasteiger partial charge in [-0.15, -0.1) is 11.3 Å². The number of carbonyl (C=O) groups excluding carboxylic acids is 3. The van der Waals surface area contributed by atoms with Gasteiger partial charge in [-0.2, -0.15) is 0 Å². The Bertz CT molecular complexity index is 1280. The summed E-state index contributed by atoms with van der Waals surface area (Å²) in [5, 5.41) is 6.24. The average Bonchev–Trinajstić information content (AvgIpc) is 3.56. The molecule has 0 radical (unpaired) electrons. The van der Waals surface area contributed by atoms with E-state index in [9.17, 15) is 14.4 Å². The lowest BCUT2D eigenvalue weighted by Crippen LogP contribution is -2.29. The minimum atomic E-state index is -0.204. The normalized spacial score (nSPS) is 14.8. The molecule has 2 aromatic heterocycles. The van der Waals surface area contributed by atoms with Gasteiger partial charge < -0.3 is 10.3 Å². The van der Waals surface area contributed by atoms with Crippen molar-refractivity contribution >= 4 is 45.6 Å². The van der Waals surface area contributed by atoms with E-state index in [1.54, 1.807) is 35.6 Å². The Hall–Kier alpha value is -3.71. The van der Waals surface area contributed by atoms with Crippen LogP contribution in [0.2, 0.25) is 0 Å². The molecule has 1 fully saturated rings. The quantitative estimate of drug-likeness (QED) is 0.432. The predicted octanol–water partition coefficient (Wildman–Crippen LogP) is 4.44. The van der Waals surface area contributed by atoms with Gasteiger partial charge in [-0.3, -0.25) is 19.3 Å². The van der Waals surface area contributed by atoms with Crippen molar-refractivity contribution in [1.82, 2.24) is 10.3 Å². The number of nitrogens with one attached hydrogen (secondary N) is 2. The molecule has 3 heterocycles. The number of H-pyrrole nitrogens is 1. The van der Waals surface area contributed by atoms with Crippen LogP contribution in [0.5, 0.6) is 0 Å². The highest BCUT2D eigenvalue weighted by molar-refractivity contribution is 7.10. The monoisotopic (exact) mass is 443 g/mol. The zero-order chi connectivity index (χ0) is 22.1. The molecule has 0 unspecified atom stereocenters. The van der Waals surface area contributed by atoms with E-state index in [0.29, 0.717) is 17.8 Å². The Balaban J connectivity index is 1.34. The third-order valence-electron chi connectivity index (χ3n) is 5.79. The van der Waals surface area contributed by atoms with E-state index in [1.165, 1.54) is 9.78 Å². The van der Waals surface area contributed by atoms with E-state index in [0.717, 1.165) is 16.5 Å². The zero-order valence-corrected chi connectivity index (χ0v) is 18.0. The molecule has 6 nitrogen and oxygen atoms in total. The van der Waals surface area contributed by atoms with Crippen molar-refractivity contribution in [2.45, 2.75) is 18.8 Å². The first kappa shape index (κ1) is 20.2. The molecule has 0 spiro atoms. The summed E-state index contributed by atoms with van der Waals surface area (Å²) >= 11 is 1.67. The lowest BCUT2D eigenvalue weighted by atomic mass is 9.96. The molecule has 0 saturated carbocycles. The molecular formula is C25H21N3O3S. The van der Waals surface area contributed by atoms with Gasteiger partial charge in [0.2, 0.25) is 11.8 Å². The van der Waals surface area contributed by atoms with Gasteiger partial charge in [0.05, 0.1) is 5.69 Å². The Morgan fingerprint density at radius 2 is 1.75 bits per heavy atom. The summed E-state index contributed by atoms with van der Waals surface area (Å²) in [6.07, 6.45) is 2.48. The van der Waals surface area contributed by atoms with Crippen LogP contribution in [-0.2, 0) is 9.59 Å². The molecular weight excluding hydrogens is 422 g/mol. The SMILES string of the molecule is O=C(NC[C@H](c1cccs1)c1c[nH]c2ccccc12)c1ccc(N2C(=O)CCC2=O)cc1. The molecule has 0 aliphatic carbocycles. The number of imide groups is 1. The molecule has 1 aliphatic heterocycles. The summed E-state index contributed by atoms with van der Waals surface area (Å²) in [7, 11) is 0. The van der Waals surface area contributed by atoms with Gasteiger partial charge in [0.25, 0.3) is 5.91 Å². The van der Waals surface area contributed by atoms with E-state index in [1.807, 2.05) is 35.8 Å². The van der Waals surface area contributed by atoms with E-state index in [2.05, 4.69) is 22.4 Å². The number of hydrogen-bond donors (Lipinski definition) is 2. The number of carbonyl (C=O) groups is 3. The number of aromatic nitrogens is 1. The summed E-state index contributed by atoms with van der Waals surface area (Å²) in [6, 6.07) is 18.8. The summed E-state index contributed by atoms with van der Waals surface area (Å²) in [5.74, 6) is -0.583. The maximum Gasteiger partial charge on any atom is 0.251 e. The van der Waals surface area contributed by atoms with Gasteiger partial charge in [-0.1, -0.05) is 24.3 Å². The van der Waals surface area contributed by atoms with Gasteiger partial charge in [-0.25, -0.2) is 0 Å². The third-order valence-corrected chi connectivity index (χ3v) is 6.78. The van der Waals surface area contributed by atoms with Gasteiger partial charge >= 0.3 is 0 Å². The number of benzene rings is 2. The molecule has 32 heavy (non-hydrogen) atoms. The van der Waals surface area contributed by atoms with E-state index in [-0.39, 0.29) is 36.5 Å². The van der Waals surface area contributed by atoms with Crippen LogP contribution in [0.25, 0.3) is 10.9 Å². The van der Waals surface area contributed by atoms with E-state index in [4.69, 9.17) is 0 Å². The highest BCUT2D eigenvalue weighted by Crippen LogP contribution is 2.33. The number of rotatable bonds is 6. The fraction of sp³-hybridized carbons (Fsp3) is 0.160. The van der Waals surface area contributed by atoms with E-state index >= 15 is 0 Å². The lowest BCUT2D eigenvalue weighted by molar-refractivity contribution is -0.121. The average molecular weight is 444 g/mol. The van der Waals surface area contributed by atoms with Crippen molar-refractivity contribution in [2.75, 3.05) is 11.4 Å². The molecule has 1 aliphatic rings. The molecule has 5 rings (SSSR count). The molecule has 160 valence electrons.